The maximum absolute atomic E-state index is 11.6. The third-order valence-electron chi connectivity index (χ3n) is 3.82. The summed E-state index contributed by atoms with van der Waals surface area (Å²) in [7, 11) is 0. The normalized spacial score (nSPS) is 31.2. The van der Waals surface area contributed by atoms with Gasteiger partial charge in [-0.3, -0.25) is 9.59 Å². The molecule has 2 aliphatic carbocycles. The molecule has 2 atom stereocenters. The van der Waals surface area contributed by atoms with Crippen LogP contribution in [0.5, 0.6) is 0 Å². The van der Waals surface area contributed by atoms with Crippen molar-refractivity contribution in [1.29, 1.82) is 0 Å². The van der Waals surface area contributed by atoms with Gasteiger partial charge in [0.2, 0.25) is 5.91 Å². The molecule has 3 heteroatoms. The van der Waals surface area contributed by atoms with Crippen molar-refractivity contribution < 1.29 is 9.59 Å². The first-order valence-electron chi connectivity index (χ1n) is 5.37. The molecule has 0 aromatic rings. The van der Waals surface area contributed by atoms with Crippen molar-refractivity contribution in [3.63, 3.8) is 0 Å². The van der Waals surface area contributed by atoms with Gasteiger partial charge in [0.25, 0.3) is 0 Å². The third kappa shape index (κ3) is 1.41. The zero-order valence-electron chi connectivity index (χ0n) is 9.68. The Bertz CT molecular complexity index is 379. The minimum absolute atomic E-state index is 0.0807. The molecule has 15 heavy (non-hydrogen) atoms. The lowest BCUT2D eigenvalue weighted by atomic mass is 9.96. The molecule has 0 unspecified atom stereocenters. The van der Waals surface area contributed by atoms with Crippen molar-refractivity contribution in [1.82, 2.24) is 5.32 Å². The number of ketones is 1. The molecular weight excluding hydrogens is 190 g/mol. The molecule has 1 N–H and O–H groups in total. The fourth-order valence-electron chi connectivity index (χ4n) is 2.98. The Morgan fingerprint density at radius 2 is 1.93 bits per heavy atom. The average Bonchev–Trinajstić information content (AvgIpc) is 2.49. The number of hydrogen-bond acceptors (Lipinski definition) is 2. The van der Waals surface area contributed by atoms with Gasteiger partial charge in [0.05, 0.1) is 0 Å². The topological polar surface area (TPSA) is 46.2 Å². The van der Waals surface area contributed by atoms with Gasteiger partial charge in [0.15, 0.2) is 5.78 Å². The molecule has 0 aliphatic heterocycles. The lowest BCUT2D eigenvalue weighted by Crippen LogP contribution is -2.23. The van der Waals surface area contributed by atoms with E-state index in [1.807, 2.05) is 0 Å². The summed E-state index contributed by atoms with van der Waals surface area (Å²) in [6, 6.07) is 0. The smallest absolute Gasteiger partial charge is 0.221 e. The number of nitrogens with one attached hydrogen (secondary N) is 1. The van der Waals surface area contributed by atoms with Gasteiger partial charge in [0.1, 0.15) is 0 Å². The molecule has 0 spiro atoms. The molecule has 3 nitrogen and oxygen atoms in total. The lowest BCUT2D eigenvalue weighted by Gasteiger charge is -2.14. The second kappa shape index (κ2) is 2.94. The second-order valence-electron chi connectivity index (χ2n) is 5.24. The molecule has 2 aliphatic rings. The van der Waals surface area contributed by atoms with Gasteiger partial charge in [-0.15, -0.1) is 0 Å². The summed E-state index contributed by atoms with van der Waals surface area (Å²) in [4.78, 5) is 22.5. The molecule has 1 amide bonds. The Morgan fingerprint density at radius 1 is 1.33 bits per heavy atom. The van der Waals surface area contributed by atoms with Crippen LogP contribution in [-0.4, -0.2) is 11.7 Å². The number of carbonyl (C=O) groups excluding carboxylic acids is 2. The first kappa shape index (κ1) is 10.4. The number of rotatable bonds is 2. The highest BCUT2D eigenvalue weighted by atomic mass is 16.1. The van der Waals surface area contributed by atoms with E-state index in [1.165, 1.54) is 6.92 Å². The molecule has 0 heterocycles. The fourth-order valence-corrected chi connectivity index (χ4v) is 2.98. The summed E-state index contributed by atoms with van der Waals surface area (Å²) < 4.78 is 0. The molecule has 0 radical (unpaired) electrons. The van der Waals surface area contributed by atoms with E-state index >= 15 is 0 Å². The Morgan fingerprint density at radius 3 is 2.40 bits per heavy atom. The van der Waals surface area contributed by atoms with Crippen LogP contribution in [0.1, 0.15) is 34.1 Å². The summed E-state index contributed by atoms with van der Waals surface area (Å²) in [5.74, 6) is 0.954. The summed E-state index contributed by atoms with van der Waals surface area (Å²) in [5.41, 5.74) is 1.98. The van der Waals surface area contributed by atoms with E-state index in [9.17, 15) is 9.59 Å². The minimum Gasteiger partial charge on any atom is -0.330 e. The van der Waals surface area contributed by atoms with E-state index in [0.717, 1.165) is 17.7 Å². The van der Waals surface area contributed by atoms with Crippen molar-refractivity contribution in [3.8, 4) is 0 Å². The average molecular weight is 207 g/mol. The zero-order valence-corrected chi connectivity index (χ0v) is 9.68. The molecule has 0 aromatic carbocycles. The first-order valence-corrected chi connectivity index (χ1v) is 5.37. The second-order valence-corrected chi connectivity index (χ2v) is 5.24. The van der Waals surface area contributed by atoms with E-state index in [4.69, 9.17) is 0 Å². The van der Waals surface area contributed by atoms with Crippen LogP contribution >= 0.6 is 0 Å². The van der Waals surface area contributed by atoms with E-state index in [0.29, 0.717) is 11.8 Å². The molecule has 1 saturated carbocycles. The van der Waals surface area contributed by atoms with Crippen molar-refractivity contribution in [3.05, 3.63) is 11.3 Å². The number of hydrogen-bond donors (Lipinski definition) is 1. The van der Waals surface area contributed by atoms with Gasteiger partial charge in [-0.05, 0) is 30.6 Å². The highest BCUT2D eigenvalue weighted by Crippen LogP contribution is 2.68. The summed E-state index contributed by atoms with van der Waals surface area (Å²) in [5, 5.41) is 2.79. The van der Waals surface area contributed by atoms with Gasteiger partial charge in [-0.25, -0.2) is 0 Å². The minimum atomic E-state index is -0.0807. The molecule has 82 valence electrons. The summed E-state index contributed by atoms with van der Waals surface area (Å²) in [6.45, 7) is 7.46. The summed E-state index contributed by atoms with van der Waals surface area (Å²) >= 11 is 0. The van der Waals surface area contributed by atoms with Crippen molar-refractivity contribution in [2.45, 2.75) is 34.1 Å². The van der Waals surface area contributed by atoms with Crippen LogP contribution in [0.15, 0.2) is 11.3 Å². The van der Waals surface area contributed by atoms with Crippen LogP contribution in [0, 0.1) is 17.3 Å². The van der Waals surface area contributed by atoms with Crippen LogP contribution < -0.4 is 5.32 Å². The van der Waals surface area contributed by atoms with E-state index in [2.05, 4.69) is 19.2 Å². The van der Waals surface area contributed by atoms with Gasteiger partial charge in [-0.2, -0.15) is 0 Å². The third-order valence-corrected chi connectivity index (χ3v) is 3.82. The molecule has 0 bridgehead atoms. The molecule has 0 aromatic heterocycles. The number of fused-ring (bicyclic) bond motifs is 1. The fraction of sp³-hybridized carbons (Fsp3) is 0.667. The SMILES string of the molecule is CC(=O)NC1=C(C(C)=O)[C@H]2[C@@H](C1)C2(C)C. The Labute approximate surface area is 89.9 Å². The van der Waals surface area contributed by atoms with Gasteiger partial charge in [0, 0.05) is 18.2 Å². The quantitative estimate of drug-likeness (QED) is 0.748. The highest BCUT2D eigenvalue weighted by Gasteiger charge is 2.63. The number of carbonyl (C=O) groups is 2. The lowest BCUT2D eigenvalue weighted by molar-refractivity contribution is -0.118. The standard InChI is InChI=1S/C12H17NO2/c1-6(14)10-9(13-7(2)15)5-8-11(10)12(8,3)4/h8,11H,5H2,1-4H3,(H,13,15)/t8-,11-/m1/s1. The van der Waals surface area contributed by atoms with Gasteiger partial charge in [-0.1, -0.05) is 13.8 Å². The molecule has 2 rings (SSSR count). The van der Waals surface area contributed by atoms with Crippen molar-refractivity contribution >= 4 is 11.7 Å². The van der Waals surface area contributed by atoms with Crippen LogP contribution in [-0.2, 0) is 9.59 Å². The molecular formula is C12H17NO2. The Hall–Kier alpha value is -1.12. The van der Waals surface area contributed by atoms with Crippen LogP contribution in [0.2, 0.25) is 0 Å². The van der Waals surface area contributed by atoms with Crippen LogP contribution in [0.25, 0.3) is 0 Å². The number of Topliss-reactive ketones (excluding diaryl/α,β-unsaturated/α-hetero) is 1. The molecule has 0 saturated heterocycles. The van der Waals surface area contributed by atoms with Crippen molar-refractivity contribution in [2.75, 3.05) is 0 Å². The highest BCUT2D eigenvalue weighted by molar-refractivity contribution is 5.97. The van der Waals surface area contributed by atoms with Crippen LogP contribution in [0.4, 0.5) is 0 Å². The van der Waals surface area contributed by atoms with E-state index in [-0.39, 0.29) is 17.1 Å². The van der Waals surface area contributed by atoms with E-state index < -0.39 is 0 Å². The van der Waals surface area contributed by atoms with Gasteiger partial charge >= 0.3 is 0 Å². The maximum atomic E-state index is 11.6. The van der Waals surface area contributed by atoms with Gasteiger partial charge < -0.3 is 5.32 Å². The predicted octanol–water partition coefficient (Wildman–Crippen LogP) is 1.64. The molecule has 1 fully saturated rings. The Balaban J connectivity index is 2.29. The maximum Gasteiger partial charge on any atom is 0.221 e. The largest absolute Gasteiger partial charge is 0.330 e. The Kier molecular flexibility index (Phi) is 2.04. The first-order chi connectivity index (χ1) is 6.85. The van der Waals surface area contributed by atoms with Crippen LogP contribution in [0.3, 0.4) is 0 Å². The van der Waals surface area contributed by atoms with Crippen molar-refractivity contribution in [2.24, 2.45) is 17.3 Å². The zero-order chi connectivity index (χ0) is 11.4. The number of amides is 1. The summed E-state index contributed by atoms with van der Waals surface area (Å²) in [6.07, 6.45) is 0.853. The monoisotopic (exact) mass is 207 g/mol. The van der Waals surface area contributed by atoms with E-state index in [1.54, 1.807) is 6.92 Å². The number of allylic oxidation sites excluding steroid dienone is 2. The predicted molar refractivity (Wildman–Crippen MR) is 56.9 cm³/mol.